The Balaban J connectivity index is 2.01. The molecule has 0 aromatic heterocycles. The monoisotopic (exact) mass is 584 g/mol. The van der Waals surface area contributed by atoms with E-state index in [1.807, 2.05) is 0 Å². The summed E-state index contributed by atoms with van der Waals surface area (Å²) in [6.07, 6.45) is -0.578. The second-order valence-corrected chi connectivity index (χ2v) is 10.2. The molecule has 0 radical (unpaired) electrons. The quantitative estimate of drug-likeness (QED) is 0.336. The highest BCUT2D eigenvalue weighted by molar-refractivity contribution is 6.51. The summed E-state index contributed by atoms with van der Waals surface area (Å²) >= 11 is 0. The van der Waals surface area contributed by atoms with Crippen molar-refractivity contribution in [2.45, 2.75) is 39.7 Å². The number of anilines is 2. The van der Waals surface area contributed by atoms with Crippen LogP contribution in [0.2, 0.25) is 0 Å². The molecule has 0 atom stereocenters. The Hall–Kier alpha value is -4.45. The smallest absolute Gasteiger partial charge is 0.414 e. The van der Waals surface area contributed by atoms with Gasteiger partial charge >= 0.3 is 12.1 Å². The Morgan fingerprint density at radius 1 is 1.12 bits per heavy atom. The first-order valence-corrected chi connectivity index (χ1v) is 13.4. The lowest BCUT2D eigenvalue weighted by Gasteiger charge is -2.31. The molecule has 1 fully saturated rings. The van der Waals surface area contributed by atoms with Gasteiger partial charge in [-0.3, -0.25) is 9.69 Å². The first-order valence-electron chi connectivity index (χ1n) is 13.4. The van der Waals surface area contributed by atoms with Crippen LogP contribution in [0.1, 0.15) is 34.1 Å². The van der Waals surface area contributed by atoms with Gasteiger partial charge in [-0.2, -0.15) is 0 Å². The third kappa shape index (κ3) is 7.84. The van der Waals surface area contributed by atoms with Gasteiger partial charge in [0.25, 0.3) is 5.91 Å². The number of ether oxygens (including phenoxy) is 4. The summed E-state index contributed by atoms with van der Waals surface area (Å²) in [7, 11) is 3.00. The van der Waals surface area contributed by atoms with Crippen LogP contribution in [0.4, 0.5) is 26.2 Å². The zero-order valence-corrected chi connectivity index (χ0v) is 24.7. The van der Waals surface area contributed by atoms with Crippen molar-refractivity contribution >= 4 is 40.7 Å². The summed E-state index contributed by atoms with van der Waals surface area (Å²) in [6, 6.07) is 10.7. The fourth-order valence-electron chi connectivity index (χ4n) is 4.13. The standard InChI is InChI=1S/C30H37FN4O7/c1-7-41-28(37)25(32)22-14-15-34(27(36)26(22)33-19-8-11-21(40-6)12-9-19)20-10-13-24(23(31)18-20)35(16-17-39-5)29(38)42-30(2,3)4/h8-13,18H,7,14-17,32H2,1-6H3. The van der Waals surface area contributed by atoms with Crippen molar-refractivity contribution in [3.05, 3.63) is 59.6 Å². The van der Waals surface area contributed by atoms with Gasteiger partial charge in [-0.1, -0.05) is 0 Å². The van der Waals surface area contributed by atoms with Crippen LogP contribution in [0.25, 0.3) is 0 Å². The molecule has 3 rings (SSSR count). The average molecular weight is 585 g/mol. The number of methoxy groups -OCH3 is 2. The Morgan fingerprint density at radius 3 is 2.38 bits per heavy atom. The molecule has 0 aliphatic carbocycles. The first kappa shape index (κ1) is 32.1. The Labute approximate surface area is 244 Å². The summed E-state index contributed by atoms with van der Waals surface area (Å²) in [5.74, 6) is -1.50. The van der Waals surface area contributed by atoms with Crippen molar-refractivity contribution < 1.29 is 37.7 Å². The molecule has 0 spiro atoms. The number of carbonyl (C=O) groups is 3. The minimum atomic E-state index is -0.796. The highest BCUT2D eigenvalue weighted by Gasteiger charge is 2.34. The summed E-state index contributed by atoms with van der Waals surface area (Å²) in [5.41, 5.74) is 5.88. The molecular weight excluding hydrogens is 547 g/mol. The average Bonchev–Trinajstić information content (AvgIpc) is 2.94. The summed E-state index contributed by atoms with van der Waals surface area (Å²) in [4.78, 5) is 46.1. The molecule has 1 aliphatic heterocycles. The van der Waals surface area contributed by atoms with Crippen molar-refractivity contribution in [2.24, 2.45) is 10.7 Å². The fraction of sp³-hybridized carbons (Fsp3) is 0.400. The highest BCUT2D eigenvalue weighted by Crippen LogP contribution is 2.31. The number of nitrogens with zero attached hydrogens (tertiary/aromatic N) is 3. The number of aliphatic imine (C=N–C) groups is 1. The van der Waals surface area contributed by atoms with Crippen LogP contribution >= 0.6 is 0 Å². The van der Waals surface area contributed by atoms with Gasteiger partial charge in [0.05, 0.1) is 38.2 Å². The number of hydrogen-bond acceptors (Lipinski definition) is 9. The van der Waals surface area contributed by atoms with E-state index in [4.69, 9.17) is 24.7 Å². The van der Waals surface area contributed by atoms with E-state index in [2.05, 4.69) is 4.99 Å². The van der Waals surface area contributed by atoms with E-state index in [0.29, 0.717) is 11.4 Å². The summed E-state index contributed by atoms with van der Waals surface area (Å²) < 4.78 is 36.3. The van der Waals surface area contributed by atoms with Crippen molar-refractivity contribution in [1.82, 2.24) is 0 Å². The van der Waals surface area contributed by atoms with Gasteiger partial charge in [0.1, 0.15) is 28.6 Å². The lowest BCUT2D eigenvalue weighted by Crippen LogP contribution is -2.44. The first-order chi connectivity index (χ1) is 19.9. The Bertz CT molecular complexity index is 1370. The van der Waals surface area contributed by atoms with E-state index in [1.165, 1.54) is 31.3 Å². The van der Waals surface area contributed by atoms with Gasteiger partial charge in [0.15, 0.2) is 0 Å². The van der Waals surface area contributed by atoms with Gasteiger partial charge in [-0.05, 0) is 76.6 Å². The third-order valence-corrected chi connectivity index (χ3v) is 6.12. The van der Waals surface area contributed by atoms with Gasteiger partial charge in [-0.25, -0.2) is 19.0 Å². The van der Waals surface area contributed by atoms with E-state index in [0.717, 1.165) is 11.0 Å². The summed E-state index contributed by atoms with van der Waals surface area (Å²) in [5, 5.41) is 0. The molecule has 2 aromatic rings. The number of benzene rings is 2. The molecule has 226 valence electrons. The molecule has 1 saturated heterocycles. The van der Waals surface area contributed by atoms with E-state index < -0.39 is 29.4 Å². The minimum absolute atomic E-state index is 0.0335. The molecule has 2 aromatic carbocycles. The van der Waals surface area contributed by atoms with Crippen molar-refractivity contribution in [3.63, 3.8) is 0 Å². The Morgan fingerprint density at radius 2 is 1.81 bits per heavy atom. The molecule has 42 heavy (non-hydrogen) atoms. The van der Waals surface area contributed by atoms with Crippen LogP contribution in [-0.2, 0) is 23.8 Å². The maximum atomic E-state index is 15.6. The molecule has 0 bridgehead atoms. The lowest BCUT2D eigenvalue weighted by atomic mass is 9.97. The van der Waals surface area contributed by atoms with Crippen LogP contribution in [-0.4, -0.2) is 69.8 Å². The number of rotatable bonds is 9. The maximum absolute atomic E-state index is 15.6. The number of halogens is 1. The van der Waals surface area contributed by atoms with Crippen molar-refractivity contribution in [1.29, 1.82) is 0 Å². The normalized spacial score (nSPS) is 15.8. The van der Waals surface area contributed by atoms with Gasteiger partial charge in [0, 0.05) is 24.9 Å². The van der Waals surface area contributed by atoms with Gasteiger partial charge in [0.2, 0.25) is 0 Å². The van der Waals surface area contributed by atoms with E-state index in [-0.39, 0.29) is 61.1 Å². The molecular formula is C30H37FN4O7. The number of nitrogens with two attached hydrogens (primary N) is 1. The second kappa shape index (κ2) is 13.9. The fourth-order valence-corrected chi connectivity index (χ4v) is 4.13. The summed E-state index contributed by atoms with van der Waals surface area (Å²) in [6.45, 7) is 7.17. The number of esters is 1. The predicted molar refractivity (Wildman–Crippen MR) is 157 cm³/mol. The van der Waals surface area contributed by atoms with E-state index >= 15 is 4.39 Å². The molecule has 1 aliphatic rings. The van der Waals surface area contributed by atoms with E-state index in [1.54, 1.807) is 52.0 Å². The minimum Gasteiger partial charge on any atom is -0.497 e. The molecule has 0 unspecified atom stereocenters. The molecule has 2 N–H and O–H groups in total. The van der Waals surface area contributed by atoms with Crippen LogP contribution in [0.3, 0.4) is 0 Å². The van der Waals surface area contributed by atoms with Gasteiger partial charge < -0.3 is 29.6 Å². The van der Waals surface area contributed by atoms with Crippen LogP contribution in [0.5, 0.6) is 5.75 Å². The topological polar surface area (TPSA) is 133 Å². The third-order valence-electron chi connectivity index (χ3n) is 6.12. The number of amides is 2. The zero-order chi connectivity index (χ0) is 31.0. The molecule has 11 nitrogen and oxygen atoms in total. The predicted octanol–water partition coefficient (Wildman–Crippen LogP) is 4.51. The molecule has 12 heteroatoms. The van der Waals surface area contributed by atoms with Crippen LogP contribution in [0, 0.1) is 5.82 Å². The van der Waals surface area contributed by atoms with E-state index in [9.17, 15) is 14.4 Å². The SMILES string of the molecule is CCOC(=O)C(N)=C1CCN(c2ccc(N(CCOC)C(=O)OC(C)(C)C)c(F)c2)C(=O)C1=Nc1ccc(OC)cc1. The number of piperidine rings is 1. The second-order valence-electron chi connectivity index (χ2n) is 10.2. The van der Waals surface area contributed by atoms with Crippen LogP contribution in [0.15, 0.2) is 58.7 Å². The van der Waals surface area contributed by atoms with Gasteiger partial charge in [-0.15, -0.1) is 0 Å². The van der Waals surface area contributed by atoms with Crippen molar-refractivity contribution in [3.8, 4) is 5.75 Å². The number of hydrogen-bond donors (Lipinski definition) is 1. The maximum Gasteiger partial charge on any atom is 0.414 e. The zero-order valence-electron chi connectivity index (χ0n) is 24.7. The Kier molecular flexibility index (Phi) is 10.6. The molecule has 1 heterocycles. The number of carbonyl (C=O) groups excluding carboxylic acids is 3. The highest BCUT2D eigenvalue weighted by atomic mass is 19.1. The lowest BCUT2D eigenvalue weighted by molar-refractivity contribution is -0.138. The largest absolute Gasteiger partial charge is 0.497 e. The van der Waals surface area contributed by atoms with Crippen LogP contribution < -0.4 is 20.3 Å². The molecule has 0 saturated carbocycles. The van der Waals surface area contributed by atoms with Crippen molar-refractivity contribution in [2.75, 3.05) is 50.3 Å². The molecule has 2 amide bonds.